The number of carbonyl (C=O) groups excluding carboxylic acids is 1. The summed E-state index contributed by atoms with van der Waals surface area (Å²) in [5.41, 5.74) is 0.621. The number of H-pyrrole nitrogens is 1. The van der Waals surface area contributed by atoms with E-state index in [1.807, 2.05) is 26.0 Å². The molecule has 2 heterocycles. The van der Waals surface area contributed by atoms with E-state index in [1.165, 1.54) is 7.11 Å². The van der Waals surface area contributed by atoms with E-state index in [2.05, 4.69) is 25.5 Å². The summed E-state index contributed by atoms with van der Waals surface area (Å²) in [7, 11) is 1.42. The molecule has 2 aromatic rings. The normalized spacial score (nSPS) is 22.5. The fraction of sp³-hybridized carbons (Fsp3) is 0.529. The van der Waals surface area contributed by atoms with Gasteiger partial charge in [0, 0.05) is 36.5 Å². The van der Waals surface area contributed by atoms with E-state index in [9.17, 15) is 9.90 Å². The van der Waals surface area contributed by atoms with Gasteiger partial charge in [-0.2, -0.15) is 5.10 Å². The van der Waals surface area contributed by atoms with Crippen molar-refractivity contribution in [3.63, 3.8) is 0 Å². The summed E-state index contributed by atoms with van der Waals surface area (Å²) in [5, 5.41) is 21.6. The summed E-state index contributed by atoms with van der Waals surface area (Å²) < 4.78 is 5.23. The number of carboxylic acids is 1. The molecule has 1 aliphatic carbocycles. The van der Waals surface area contributed by atoms with Crippen molar-refractivity contribution < 1.29 is 44.2 Å². The van der Waals surface area contributed by atoms with Gasteiger partial charge in [-0.15, -0.1) is 0 Å². The van der Waals surface area contributed by atoms with Crippen molar-refractivity contribution in [1.82, 2.24) is 20.2 Å². The molecule has 1 saturated carbocycles. The van der Waals surface area contributed by atoms with E-state index in [0.717, 1.165) is 17.2 Å². The number of methoxy groups -OCH3 is 1. The molecule has 9 heteroatoms. The van der Waals surface area contributed by atoms with Gasteiger partial charge in [0.15, 0.2) is 5.82 Å². The number of aryl methyl sites for hydroxylation is 2. The third kappa shape index (κ3) is 4.43. The zero-order valence-corrected chi connectivity index (χ0v) is 17.6. The Morgan fingerprint density at radius 2 is 1.96 bits per heavy atom. The second-order valence-corrected chi connectivity index (χ2v) is 6.57. The van der Waals surface area contributed by atoms with Crippen molar-refractivity contribution in [2.45, 2.75) is 51.0 Å². The van der Waals surface area contributed by atoms with Crippen molar-refractivity contribution in [2.75, 3.05) is 12.4 Å². The number of ether oxygens (including phenoxy) is 1. The summed E-state index contributed by atoms with van der Waals surface area (Å²) in [5.74, 6) is 1.05. The van der Waals surface area contributed by atoms with E-state index in [4.69, 9.17) is 4.74 Å². The number of hydrogen-bond donors (Lipinski definition) is 2. The number of rotatable bonds is 5. The van der Waals surface area contributed by atoms with Crippen molar-refractivity contribution >= 4 is 17.6 Å². The van der Waals surface area contributed by atoms with Crippen LogP contribution in [0, 0.1) is 13.8 Å². The molecule has 8 nitrogen and oxygen atoms in total. The number of hydrogen-bond acceptors (Lipinski definition) is 7. The molecular weight excluding hydrogens is 345 g/mol. The standard InChI is InChI=1S/C17H23N5O3.Na/c1-10-8-13(19-14-9-11(2)21-22-14)20-15(18-10)12-4-6-17(25-3,7-5-12)16(23)24;/h8-9,12H,4-7H2,1-3H3,(H,23,24)(H2,18,19,20,21,22);/q;+1/p-1. The Kier molecular flexibility index (Phi) is 6.79. The first kappa shape index (κ1) is 20.8. The Morgan fingerprint density at radius 1 is 1.27 bits per heavy atom. The summed E-state index contributed by atoms with van der Waals surface area (Å²) in [6.45, 7) is 3.84. The predicted molar refractivity (Wildman–Crippen MR) is 89.3 cm³/mol. The minimum absolute atomic E-state index is 0. The van der Waals surface area contributed by atoms with E-state index in [0.29, 0.717) is 37.3 Å². The largest absolute Gasteiger partial charge is 1.00 e. The number of carboxylic acid groups (broad SMARTS) is 1. The predicted octanol–water partition coefficient (Wildman–Crippen LogP) is -1.64. The molecule has 0 bridgehead atoms. The Balaban J connectivity index is 0.00000243. The van der Waals surface area contributed by atoms with Crippen LogP contribution in [-0.4, -0.2) is 38.8 Å². The van der Waals surface area contributed by atoms with Crippen LogP contribution in [0.1, 0.15) is 48.8 Å². The topological polar surface area (TPSA) is 116 Å². The molecule has 0 spiro atoms. The summed E-state index contributed by atoms with van der Waals surface area (Å²) >= 11 is 0. The Labute approximate surface area is 174 Å². The van der Waals surface area contributed by atoms with Crippen LogP contribution >= 0.6 is 0 Å². The molecule has 0 aliphatic heterocycles. The van der Waals surface area contributed by atoms with Crippen LogP contribution in [-0.2, 0) is 9.53 Å². The Hall–Kier alpha value is -1.48. The number of carbonyl (C=O) groups is 1. The van der Waals surface area contributed by atoms with Gasteiger partial charge in [0.1, 0.15) is 17.2 Å². The molecule has 0 atom stereocenters. The van der Waals surface area contributed by atoms with Crippen molar-refractivity contribution in [2.24, 2.45) is 0 Å². The summed E-state index contributed by atoms with van der Waals surface area (Å²) in [4.78, 5) is 20.5. The quantitative estimate of drug-likeness (QED) is 0.609. The van der Waals surface area contributed by atoms with Gasteiger partial charge < -0.3 is 20.0 Å². The fourth-order valence-corrected chi connectivity index (χ4v) is 3.29. The molecule has 0 aromatic carbocycles. The van der Waals surface area contributed by atoms with Crippen molar-refractivity contribution in [3.05, 3.63) is 29.3 Å². The number of nitrogens with zero attached hydrogens (tertiary/aromatic N) is 3. The molecule has 2 aromatic heterocycles. The SMILES string of the molecule is COC1(C(=O)[O-])CCC(c2nc(C)cc(Nc3cc(C)[nH]n3)n2)CC1.[Na+]. The van der Waals surface area contributed by atoms with E-state index in [-0.39, 0.29) is 35.5 Å². The molecule has 0 radical (unpaired) electrons. The van der Waals surface area contributed by atoms with Crippen LogP contribution < -0.4 is 40.0 Å². The molecular formula is C17H22N5NaO3. The minimum atomic E-state index is -1.19. The first-order chi connectivity index (χ1) is 11.9. The maximum atomic E-state index is 11.4. The number of nitrogens with one attached hydrogen (secondary N) is 2. The van der Waals surface area contributed by atoms with Crippen molar-refractivity contribution in [1.29, 1.82) is 0 Å². The molecule has 26 heavy (non-hydrogen) atoms. The molecule has 1 fully saturated rings. The number of aromatic amines is 1. The van der Waals surface area contributed by atoms with Gasteiger partial charge in [0.2, 0.25) is 0 Å². The third-order valence-electron chi connectivity index (χ3n) is 4.75. The molecule has 1 aliphatic rings. The van der Waals surface area contributed by atoms with Gasteiger partial charge in [-0.1, -0.05) is 0 Å². The molecule has 3 rings (SSSR count). The Bertz CT molecular complexity index is 772. The van der Waals surface area contributed by atoms with Crippen LogP contribution in [0.25, 0.3) is 0 Å². The number of aromatic nitrogens is 4. The third-order valence-corrected chi connectivity index (χ3v) is 4.75. The number of aliphatic carboxylic acids is 1. The van der Waals surface area contributed by atoms with Crippen LogP contribution in [0.2, 0.25) is 0 Å². The van der Waals surface area contributed by atoms with E-state index in [1.54, 1.807) is 0 Å². The van der Waals surface area contributed by atoms with Gasteiger partial charge in [-0.3, -0.25) is 5.10 Å². The van der Waals surface area contributed by atoms with Gasteiger partial charge >= 0.3 is 29.6 Å². The van der Waals surface area contributed by atoms with Crippen LogP contribution in [0.5, 0.6) is 0 Å². The van der Waals surface area contributed by atoms with E-state index < -0.39 is 11.6 Å². The van der Waals surface area contributed by atoms with Gasteiger partial charge in [0.25, 0.3) is 0 Å². The molecule has 0 unspecified atom stereocenters. The molecule has 134 valence electrons. The first-order valence-electron chi connectivity index (χ1n) is 8.33. The zero-order valence-electron chi connectivity index (χ0n) is 15.6. The monoisotopic (exact) mass is 367 g/mol. The fourth-order valence-electron chi connectivity index (χ4n) is 3.29. The van der Waals surface area contributed by atoms with Crippen LogP contribution in [0.4, 0.5) is 11.6 Å². The van der Waals surface area contributed by atoms with Crippen molar-refractivity contribution in [3.8, 4) is 0 Å². The minimum Gasteiger partial charge on any atom is -0.547 e. The average molecular weight is 367 g/mol. The average Bonchev–Trinajstić information content (AvgIpc) is 2.99. The first-order valence-corrected chi connectivity index (χ1v) is 8.33. The van der Waals surface area contributed by atoms with Gasteiger partial charge in [-0.25, -0.2) is 9.97 Å². The second kappa shape index (κ2) is 8.47. The van der Waals surface area contributed by atoms with E-state index >= 15 is 0 Å². The maximum absolute atomic E-state index is 11.4. The second-order valence-electron chi connectivity index (χ2n) is 6.57. The number of anilines is 2. The molecule has 0 saturated heterocycles. The summed E-state index contributed by atoms with van der Waals surface area (Å²) in [6, 6.07) is 3.75. The molecule has 2 N–H and O–H groups in total. The molecule has 0 amide bonds. The Morgan fingerprint density at radius 3 is 2.50 bits per heavy atom. The smallest absolute Gasteiger partial charge is 0.547 e. The van der Waals surface area contributed by atoms with Gasteiger partial charge in [0.05, 0.1) is 5.97 Å². The summed E-state index contributed by atoms with van der Waals surface area (Å²) in [6.07, 6.45) is 2.09. The van der Waals surface area contributed by atoms with Gasteiger partial charge in [-0.05, 0) is 39.5 Å². The van der Waals surface area contributed by atoms with Crippen LogP contribution in [0.3, 0.4) is 0 Å². The zero-order chi connectivity index (χ0) is 18.0. The maximum Gasteiger partial charge on any atom is 1.00 e. The van der Waals surface area contributed by atoms with Crippen LogP contribution in [0.15, 0.2) is 12.1 Å².